The van der Waals surface area contributed by atoms with Crippen molar-refractivity contribution in [2.75, 3.05) is 0 Å². The molecule has 21 aromatic carbocycles. The van der Waals surface area contributed by atoms with Crippen LogP contribution in [0.5, 0.6) is 0 Å². The highest BCUT2D eigenvalue weighted by Crippen LogP contribution is 2.52. The number of hydrogen-bond acceptors (Lipinski definition) is 0. The van der Waals surface area contributed by atoms with Crippen molar-refractivity contribution < 1.29 is 0 Å². The molecule has 2 heterocycles. The Morgan fingerprint density at radius 2 is 0.452 bits per heavy atom. The van der Waals surface area contributed by atoms with E-state index in [9.17, 15) is 0 Å². The van der Waals surface area contributed by atoms with Crippen LogP contribution in [0.15, 0.2) is 419 Å². The van der Waals surface area contributed by atoms with Gasteiger partial charge in [-0.3, -0.25) is 0 Å². The topological polar surface area (TPSA) is 9.86 Å². The Morgan fingerprint density at radius 1 is 0.198 bits per heavy atom. The van der Waals surface area contributed by atoms with E-state index in [0.717, 1.165) is 0 Å². The van der Waals surface area contributed by atoms with E-state index in [1.54, 1.807) is 0 Å². The number of benzene rings is 21. The standard InChI is InChI=1S/2C42H33N.C40H28/c1-26-22-35-37(24-28(26)3)42(38-25-29(4)27(2)23-36(38)41(35)30-12-6-5-7-13-30)31-18-20-32(21-19-31)43-39-16-10-8-14-33(39)34-15-9-11-17-40(34)43;1-42(2,3)30-23-26-36-37(27-30)41(28-13-5-4-6-14-28)35-18-8-7-17-34(35)40(36)29-21-24-31(25-22-29)43-38-19-11-9-15-32(38)33-16-10-12-20-39(33)43;1-26-19-24-36-37(25-26)40(27-11-3-2-4-12-27)35-18-10-9-17-34(35)39(36)29-22-20-28(21-23-29)38-32-15-7-5-13-30(32)31-14-6-8-16-33(31)38/h5-25H,1-4H3;4-27H,1-3H3;2-25,38H,1H3. The summed E-state index contributed by atoms with van der Waals surface area (Å²) in [4.78, 5) is 0. The Balaban J connectivity index is 0.000000112. The van der Waals surface area contributed by atoms with Gasteiger partial charge in [-0.2, -0.15) is 0 Å². The molecule has 2 aromatic heterocycles. The number of para-hydroxylation sites is 4. The molecular formula is C124H94N2. The van der Waals surface area contributed by atoms with Crippen LogP contribution in [0.1, 0.15) is 76.8 Å². The smallest absolute Gasteiger partial charge is 0.0541 e. The molecule has 0 unspecified atom stereocenters. The molecule has 126 heavy (non-hydrogen) atoms. The van der Waals surface area contributed by atoms with E-state index in [2.05, 4.69) is 483 Å². The molecule has 23 aromatic rings. The highest BCUT2D eigenvalue weighted by molar-refractivity contribution is 6.25. The highest BCUT2D eigenvalue weighted by Gasteiger charge is 2.31. The lowest BCUT2D eigenvalue weighted by molar-refractivity contribution is 0.591. The Morgan fingerprint density at radius 3 is 0.802 bits per heavy atom. The summed E-state index contributed by atoms with van der Waals surface area (Å²) in [5, 5.41) is 20.7. The van der Waals surface area contributed by atoms with Crippen molar-refractivity contribution in [2.45, 2.75) is 66.7 Å². The second-order valence-corrected chi connectivity index (χ2v) is 35.5. The van der Waals surface area contributed by atoms with Crippen molar-refractivity contribution in [3.63, 3.8) is 0 Å². The fraction of sp³-hybridized carbons (Fsp3) is 0.0806. The number of fused-ring (bicyclic) bond motifs is 15. The van der Waals surface area contributed by atoms with Crippen molar-refractivity contribution in [2.24, 2.45) is 0 Å². The first-order valence-corrected chi connectivity index (χ1v) is 44.3. The van der Waals surface area contributed by atoms with E-state index >= 15 is 0 Å². The Hall–Kier alpha value is -15.2. The summed E-state index contributed by atoms with van der Waals surface area (Å²) in [6.07, 6.45) is 0. The minimum Gasteiger partial charge on any atom is -0.309 e. The second kappa shape index (κ2) is 31.3. The molecule has 0 saturated heterocycles. The zero-order valence-corrected chi connectivity index (χ0v) is 72.3. The van der Waals surface area contributed by atoms with Crippen molar-refractivity contribution in [1.82, 2.24) is 9.13 Å². The second-order valence-electron chi connectivity index (χ2n) is 35.5. The van der Waals surface area contributed by atoms with Gasteiger partial charge in [0.25, 0.3) is 0 Å². The summed E-state index contributed by atoms with van der Waals surface area (Å²) in [6.45, 7) is 18.0. The van der Waals surface area contributed by atoms with Crippen molar-refractivity contribution >= 4 is 108 Å². The molecule has 0 N–H and O–H groups in total. The summed E-state index contributed by atoms with van der Waals surface area (Å²) in [5.74, 6) is 0.262. The average Bonchev–Trinajstić information content (AvgIpc) is 1.23. The van der Waals surface area contributed by atoms with Gasteiger partial charge in [-0.15, -0.1) is 0 Å². The Bertz CT molecular complexity index is 8020. The van der Waals surface area contributed by atoms with Crippen LogP contribution < -0.4 is 0 Å². The largest absolute Gasteiger partial charge is 0.309 e. The van der Waals surface area contributed by atoms with Crippen LogP contribution in [0, 0.1) is 34.6 Å². The summed E-state index contributed by atoms with van der Waals surface area (Å²) < 4.78 is 4.78. The van der Waals surface area contributed by atoms with E-state index in [1.807, 2.05) is 0 Å². The monoisotopic (exact) mass is 1610 g/mol. The van der Waals surface area contributed by atoms with E-state index in [0.29, 0.717) is 0 Å². The third-order valence-electron chi connectivity index (χ3n) is 27.0. The summed E-state index contributed by atoms with van der Waals surface area (Å²) >= 11 is 0. The van der Waals surface area contributed by atoms with Gasteiger partial charge in [0.1, 0.15) is 0 Å². The number of rotatable bonds is 9. The van der Waals surface area contributed by atoms with E-state index in [4.69, 9.17) is 0 Å². The van der Waals surface area contributed by atoms with Gasteiger partial charge >= 0.3 is 0 Å². The van der Waals surface area contributed by atoms with Crippen LogP contribution in [0.25, 0.3) is 198 Å². The lowest BCUT2D eigenvalue weighted by atomic mass is 9.81. The first kappa shape index (κ1) is 76.9. The van der Waals surface area contributed by atoms with Gasteiger partial charge in [-0.05, 0) is 282 Å². The maximum absolute atomic E-state index is 2.43. The third-order valence-corrected chi connectivity index (χ3v) is 27.0. The maximum Gasteiger partial charge on any atom is 0.0541 e. The van der Waals surface area contributed by atoms with Gasteiger partial charge in [0, 0.05) is 38.8 Å². The molecule has 0 amide bonds. The maximum atomic E-state index is 2.43. The molecule has 0 aliphatic heterocycles. The Kier molecular flexibility index (Phi) is 19.1. The van der Waals surface area contributed by atoms with Gasteiger partial charge in [0.05, 0.1) is 22.1 Å². The van der Waals surface area contributed by atoms with E-state index in [-0.39, 0.29) is 11.3 Å². The SMILES string of the molecule is CC(C)(C)c1ccc2c(-c3ccc(-n4c5ccccc5c5ccccc54)cc3)c3ccccc3c(-c3ccccc3)c2c1.Cc1cc2c(-c3ccccc3)c3cc(C)c(C)cc3c(-c3ccc(-n4c5ccccc5c5ccccc54)cc3)c2cc1C.Cc1ccc2c(-c3ccc(C4c5ccccc5-c5ccccc54)cc3)c3ccccc3c(-c3ccccc3)c2c1. The predicted molar refractivity (Wildman–Crippen MR) is 541 cm³/mol. The Labute approximate surface area is 736 Å². The highest BCUT2D eigenvalue weighted by atomic mass is 15.0. The molecule has 2 nitrogen and oxygen atoms in total. The molecule has 1 aliphatic carbocycles. The van der Waals surface area contributed by atoms with Crippen LogP contribution in [0.3, 0.4) is 0 Å². The molecule has 0 spiro atoms. The lowest BCUT2D eigenvalue weighted by Gasteiger charge is -2.23. The fourth-order valence-corrected chi connectivity index (χ4v) is 20.7. The number of hydrogen-bond donors (Lipinski definition) is 0. The number of nitrogens with zero attached hydrogens (tertiary/aromatic N) is 2. The van der Waals surface area contributed by atoms with Crippen molar-refractivity contribution in [3.8, 4) is 89.3 Å². The first-order valence-electron chi connectivity index (χ1n) is 44.3. The third kappa shape index (κ3) is 13.1. The zero-order valence-electron chi connectivity index (χ0n) is 72.3. The minimum absolute atomic E-state index is 0.0535. The van der Waals surface area contributed by atoms with E-state index in [1.165, 1.54) is 248 Å². The first-order chi connectivity index (χ1) is 61.8. The van der Waals surface area contributed by atoms with Gasteiger partial charge in [-0.25, -0.2) is 0 Å². The van der Waals surface area contributed by atoms with Gasteiger partial charge < -0.3 is 9.13 Å². The molecule has 24 rings (SSSR count). The van der Waals surface area contributed by atoms with E-state index < -0.39 is 0 Å². The molecule has 0 fully saturated rings. The number of aryl methyl sites for hydroxylation is 5. The summed E-state index contributed by atoms with van der Waals surface area (Å²) in [7, 11) is 0. The molecule has 0 atom stereocenters. The van der Waals surface area contributed by atoms with Crippen LogP contribution in [0.2, 0.25) is 0 Å². The summed E-state index contributed by atoms with van der Waals surface area (Å²) in [6, 6.07) is 154. The predicted octanol–water partition coefficient (Wildman–Crippen LogP) is 34.2. The lowest BCUT2D eigenvalue weighted by Crippen LogP contribution is -2.10. The zero-order chi connectivity index (χ0) is 85.0. The van der Waals surface area contributed by atoms with Crippen molar-refractivity contribution in [1.29, 1.82) is 0 Å². The molecule has 0 saturated carbocycles. The van der Waals surface area contributed by atoms with Crippen molar-refractivity contribution in [3.05, 3.63) is 469 Å². The molecule has 0 radical (unpaired) electrons. The van der Waals surface area contributed by atoms with Crippen LogP contribution in [0.4, 0.5) is 0 Å². The normalized spacial score (nSPS) is 12.1. The van der Waals surface area contributed by atoms with Gasteiger partial charge in [-0.1, -0.05) is 390 Å². The van der Waals surface area contributed by atoms with Crippen LogP contribution in [-0.2, 0) is 5.41 Å². The van der Waals surface area contributed by atoms with Crippen LogP contribution >= 0.6 is 0 Å². The quantitative estimate of drug-likeness (QED) is 0.128. The minimum atomic E-state index is 0.0535. The summed E-state index contributed by atoms with van der Waals surface area (Å²) in [5.41, 5.74) is 37.4. The van der Waals surface area contributed by atoms with Gasteiger partial charge in [0.2, 0.25) is 0 Å². The van der Waals surface area contributed by atoms with Gasteiger partial charge in [0.15, 0.2) is 0 Å². The molecule has 2 heteroatoms. The fourth-order valence-electron chi connectivity index (χ4n) is 20.7. The molecular weight excluding hydrogens is 1520 g/mol. The molecule has 1 aliphatic rings. The average molecular weight is 1610 g/mol. The number of aromatic nitrogens is 2. The molecule has 0 bridgehead atoms. The van der Waals surface area contributed by atoms with Crippen LogP contribution in [-0.4, -0.2) is 9.13 Å². The molecule has 600 valence electrons.